The molecule has 0 bridgehead atoms. The largest absolute Gasteiger partial charge is 0.476 e. The van der Waals surface area contributed by atoms with Crippen molar-refractivity contribution in [3.8, 4) is 0 Å². The van der Waals surface area contributed by atoms with Crippen LogP contribution in [-0.4, -0.2) is 54.5 Å². The van der Waals surface area contributed by atoms with Crippen LogP contribution in [0.3, 0.4) is 0 Å². The SMILES string of the molecule is Cc1c(C(=O)N2CCC(n3cc(C(=O)O)nn3)C2)ccn1CC1CC1. The second-order valence-electron chi connectivity index (χ2n) is 6.99. The lowest BCUT2D eigenvalue weighted by molar-refractivity contribution is 0.0689. The van der Waals surface area contributed by atoms with Crippen LogP contribution in [0, 0.1) is 12.8 Å². The predicted molar refractivity (Wildman–Crippen MR) is 88.4 cm³/mol. The van der Waals surface area contributed by atoms with Crippen LogP contribution in [0.1, 0.15) is 51.8 Å². The Bertz CT molecular complexity index is 820. The predicted octanol–water partition coefficient (Wildman–Crippen LogP) is 1.58. The number of amides is 1. The summed E-state index contributed by atoms with van der Waals surface area (Å²) in [6.07, 6.45) is 6.75. The van der Waals surface area contributed by atoms with Crippen molar-refractivity contribution in [1.82, 2.24) is 24.5 Å². The van der Waals surface area contributed by atoms with Gasteiger partial charge in [0.25, 0.3) is 5.91 Å². The molecule has 4 rings (SSSR count). The molecule has 3 heterocycles. The standard InChI is InChI=1S/C17H21N5O3/c1-11-14(5-7-20(11)8-12-2-3-12)16(23)21-6-4-13(9-21)22-10-15(17(24)25)18-19-22/h5,7,10,12-13H,2-4,6,8-9H2,1H3,(H,24,25). The Morgan fingerprint density at radius 2 is 2.12 bits per heavy atom. The number of aromatic carboxylic acids is 1. The molecule has 1 N–H and O–H groups in total. The maximum absolute atomic E-state index is 12.8. The average molecular weight is 343 g/mol. The van der Waals surface area contributed by atoms with E-state index in [-0.39, 0.29) is 17.6 Å². The van der Waals surface area contributed by atoms with Crippen LogP contribution in [0.5, 0.6) is 0 Å². The number of likely N-dealkylation sites (tertiary alicyclic amines) is 1. The zero-order chi connectivity index (χ0) is 17.6. The summed E-state index contributed by atoms with van der Waals surface area (Å²) < 4.78 is 3.73. The zero-order valence-electron chi connectivity index (χ0n) is 14.1. The van der Waals surface area contributed by atoms with Gasteiger partial charge in [-0.1, -0.05) is 5.21 Å². The molecule has 25 heavy (non-hydrogen) atoms. The van der Waals surface area contributed by atoms with Crippen LogP contribution >= 0.6 is 0 Å². The van der Waals surface area contributed by atoms with E-state index < -0.39 is 5.97 Å². The lowest BCUT2D eigenvalue weighted by atomic mass is 10.2. The summed E-state index contributed by atoms with van der Waals surface area (Å²) in [6, 6.07) is 1.88. The maximum Gasteiger partial charge on any atom is 0.358 e. The molecular formula is C17H21N5O3. The molecule has 2 aromatic heterocycles. The van der Waals surface area contributed by atoms with Crippen molar-refractivity contribution in [3.05, 3.63) is 35.4 Å². The Hall–Kier alpha value is -2.64. The molecule has 2 aromatic rings. The van der Waals surface area contributed by atoms with Crippen LogP contribution in [-0.2, 0) is 6.54 Å². The van der Waals surface area contributed by atoms with Gasteiger partial charge in [-0.2, -0.15) is 0 Å². The van der Waals surface area contributed by atoms with Crippen LogP contribution in [0.25, 0.3) is 0 Å². The molecule has 1 saturated carbocycles. The fourth-order valence-electron chi connectivity index (χ4n) is 3.42. The number of carbonyl (C=O) groups is 2. The van der Waals surface area contributed by atoms with Gasteiger partial charge in [-0.25, -0.2) is 9.48 Å². The smallest absolute Gasteiger partial charge is 0.358 e. The van der Waals surface area contributed by atoms with E-state index in [9.17, 15) is 9.59 Å². The molecule has 0 spiro atoms. The zero-order valence-corrected chi connectivity index (χ0v) is 14.1. The number of hydrogen-bond donors (Lipinski definition) is 1. The number of hydrogen-bond acceptors (Lipinski definition) is 4. The van der Waals surface area contributed by atoms with Gasteiger partial charge in [-0.05, 0) is 38.2 Å². The van der Waals surface area contributed by atoms with E-state index in [4.69, 9.17) is 5.11 Å². The van der Waals surface area contributed by atoms with E-state index in [0.717, 1.165) is 30.1 Å². The Balaban J connectivity index is 1.44. The van der Waals surface area contributed by atoms with E-state index in [0.29, 0.717) is 13.1 Å². The Kier molecular flexibility index (Phi) is 3.82. The lowest BCUT2D eigenvalue weighted by Crippen LogP contribution is -2.29. The molecule has 1 aliphatic carbocycles. The molecule has 0 aromatic carbocycles. The fraction of sp³-hybridized carbons (Fsp3) is 0.529. The summed E-state index contributed by atoms with van der Waals surface area (Å²) >= 11 is 0. The topological polar surface area (TPSA) is 93.2 Å². The minimum Gasteiger partial charge on any atom is -0.476 e. The summed E-state index contributed by atoms with van der Waals surface area (Å²) in [5.74, 6) is -0.293. The van der Waals surface area contributed by atoms with Crippen LogP contribution in [0.15, 0.2) is 18.5 Å². The highest BCUT2D eigenvalue weighted by atomic mass is 16.4. The first-order valence-electron chi connectivity index (χ1n) is 8.63. The molecule has 1 aliphatic heterocycles. The number of nitrogens with zero attached hydrogens (tertiary/aromatic N) is 5. The normalized spacial score (nSPS) is 20.2. The lowest BCUT2D eigenvalue weighted by Gasteiger charge is -2.17. The Morgan fingerprint density at radius 1 is 1.32 bits per heavy atom. The number of rotatable bonds is 5. The summed E-state index contributed by atoms with van der Waals surface area (Å²) in [7, 11) is 0. The monoisotopic (exact) mass is 343 g/mol. The fourth-order valence-corrected chi connectivity index (χ4v) is 3.42. The first-order chi connectivity index (χ1) is 12.0. The van der Waals surface area contributed by atoms with Crippen LogP contribution < -0.4 is 0 Å². The van der Waals surface area contributed by atoms with Gasteiger partial charge in [0.2, 0.25) is 0 Å². The van der Waals surface area contributed by atoms with Crippen molar-refractivity contribution in [3.63, 3.8) is 0 Å². The first kappa shape index (κ1) is 15.9. The molecule has 1 atom stereocenters. The minimum absolute atomic E-state index is 0.0293. The molecule has 8 nitrogen and oxygen atoms in total. The number of aromatic nitrogens is 4. The highest BCUT2D eigenvalue weighted by Crippen LogP contribution is 2.32. The molecule has 1 amide bonds. The van der Waals surface area contributed by atoms with Crippen molar-refractivity contribution in [1.29, 1.82) is 0 Å². The quantitative estimate of drug-likeness (QED) is 0.890. The first-order valence-corrected chi connectivity index (χ1v) is 8.63. The molecule has 2 aliphatic rings. The third kappa shape index (κ3) is 3.04. The van der Waals surface area contributed by atoms with E-state index >= 15 is 0 Å². The maximum atomic E-state index is 12.8. The van der Waals surface area contributed by atoms with Gasteiger partial charge in [-0.3, -0.25) is 4.79 Å². The van der Waals surface area contributed by atoms with Gasteiger partial charge in [0.15, 0.2) is 5.69 Å². The van der Waals surface area contributed by atoms with Gasteiger partial charge in [0.05, 0.1) is 17.8 Å². The van der Waals surface area contributed by atoms with Crippen molar-refractivity contribution in [2.75, 3.05) is 13.1 Å². The van der Waals surface area contributed by atoms with Crippen LogP contribution in [0.2, 0.25) is 0 Å². The molecule has 132 valence electrons. The highest BCUT2D eigenvalue weighted by molar-refractivity contribution is 5.95. The van der Waals surface area contributed by atoms with Gasteiger partial charge in [-0.15, -0.1) is 5.10 Å². The molecule has 1 unspecified atom stereocenters. The Labute approximate surface area is 145 Å². The van der Waals surface area contributed by atoms with E-state index in [1.54, 1.807) is 4.68 Å². The molecule has 1 saturated heterocycles. The number of carboxylic acids is 1. The third-order valence-corrected chi connectivity index (χ3v) is 5.18. The third-order valence-electron chi connectivity index (χ3n) is 5.18. The van der Waals surface area contributed by atoms with E-state index in [1.807, 2.05) is 24.1 Å². The molecule has 8 heteroatoms. The van der Waals surface area contributed by atoms with Gasteiger partial charge >= 0.3 is 5.97 Å². The van der Waals surface area contributed by atoms with Gasteiger partial charge in [0, 0.05) is 31.5 Å². The summed E-state index contributed by atoms with van der Waals surface area (Å²) in [5.41, 5.74) is 1.71. The van der Waals surface area contributed by atoms with Crippen molar-refractivity contribution >= 4 is 11.9 Å². The van der Waals surface area contributed by atoms with Gasteiger partial charge < -0.3 is 14.6 Å². The second kappa shape index (κ2) is 6.02. The Morgan fingerprint density at radius 3 is 2.80 bits per heavy atom. The minimum atomic E-state index is -1.09. The van der Waals surface area contributed by atoms with Crippen LogP contribution in [0.4, 0.5) is 0 Å². The molecular weight excluding hydrogens is 322 g/mol. The van der Waals surface area contributed by atoms with Crippen molar-refractivity contribution in [2.45, 2.75) is 38.8 Å². The highest BCUT2D eigenvalue weighted by Gasteiger charge is 2.31. The number of carbonyl (C=O) groups excluding carboxylic acids is 1. The molecule has 0 radical (unpaired) electrons. The van der Waals surface area contributed by atoms with Crippen molar-refractivity contribution in [2.24, 2.45) is 5.92 Å². The second-order valence-corrected chi connectivity index (χ2v) is 6.99. The average Bonchev–Trinajstić information content (AvgIpc) is 3.01. The van der Waals surface area contributed by atoms with E-state index in [1.165, 1.54) is 19.0 Å². The van der Waals surface area contributed by atoms with Gasteiger partial charge in [0.1, 0.15) is 0 Å². The van der Waals surface area contributed by atoms with Crippen molar-refractivity contribution < 1.29 is 14.7 Å². The summed E-state index contributed by atoms with van der Waals surface area (Å²) in [4.78, 5) is 25.6. The molecule has 2 fully saturated rings. The summed E-state index contributed by atoms with van der Waals surface area (Å²) in [5, 5.41) is 16.5. The van der Waals surface area contributed by atoms with E-state index in [2.05, 4.69) is 14.9 Å². The number of carboxylic acid groups (broad SMARTS) is 1. The summed E-state index contributed by atoms with van der Waals surface area (Å²) in [6.45, 7) is 4.16.